The van der Waals surface area contributed by atoms with Gasteiger partial charge in [0.05, 0.1) is 6.54 Å². The predicted octanol–water partition coefficient (Wildman–Crippen LogP) is 3.01. The molecule has 2 aromatic rings. The van der Waals surface area contributed by atoms with Crippen molar-refractivity contribution in [2.75, 3.05) is 7.05 Å². The van der Waals surface area contributed by atoms with Crippen LogP contribution < -0.4 is 10.6 Å². The first-order valence-electron chi connectivity index (χ1n) is 7.73. The number of hydrogen-bond acceptors (Lipinski definition) is 2. The molecule has 1 heterocycles. The van der Waals surface area contributed by atoms with Crippen molar-refractivity contribution in [1.82, 2.24) is 20.4 Å². The summed E-state index contributed by atoms with van der Waals surface area (Å²) in [6, 6.07) is 10.9. The van der Waals surface area contributed by atoms with Gasteiger partial charge >= 0.3 is 0 Å². The lowest BCUT2D eigenvalue weighted by molar-refractivity contribution is 0.624. The summed E-state index contributed by atoms with van der Waals surface area (Å²) in [6.07, 6.45) is 4.85. The molecule has 126 valence electrons. The fourth-order valence-electron chi connectivity index (χ4n) is 2.13. The molecule has 0 saturated carbocycles. The van der Waals surface area contributed by atoms with Gasteiger partial charge in [-0.05, 0) is 30.5 Å². The van der Waals surface area contributed by atoms with Gasteiger partial charge in [0, 0.05) is 32.0 Å². The summed E-state index contributed by atoms with van der Waals surface area (Å²) in [5.41, 5.74) is 2.48. The van der Waals surface area contributed by atoms with Gasteiger partial charge in [-0.3, -0.25) is 9.67 Å². The summed E-state index contributed by atoms with van der Waals surface area (Å²) in [5.74, 6) is 0.840. The van der Waals surface area contributed by atoms with Gasteiger partial charge in [0.15, 0.2) is 5.96 Å². The van der Waals surface area contributed by atoms with Crippen LogP contribution in [-0.4, -0.2) is 28.8 Å². The van der Waals surface area contributed by atoms with E-state index in [1.165, 1.54) is 11.1 Å². The van der Waals surface area contributed by atoms with E-state index in [1.807, 2.05) is 16.9 Å². The topological polar surface area (TPSA) is 54.2 Å². The zero-order valence-electron chi connectivity index (χ0n) is 14.0. The van der Waals surface area contributed by atoms with E-state index in [9.17, 15) is 0 Å². The quantitative estimate of drug-likeness (QED) is 0.424. The maximum absolute atomic E-state index is 4.25. The third-order valence-electron chi connectivity index (χ3n) is 3.57. The van der Waals surface area contributed by atoms with Crippen LogP contribution in [0.3, 0.4) is 0 Å². The summed E-state index contributed by atoms with van der Waals surface area (Å²) >= 11 is 0. The summed E-state index contributed by atoms with van der Waals surface area (Å²) in [4.78, 5) is 4.25. The van der Waals surface area contributed by atoms with Crippen LogP contribution in [0.4, 0.5) is 0 Å². The molecule has 1 aromatic heterocycles. The SMILES string of the molecule is CCC(C)NC(=NC)NCc1cccc(Cn2cccn2)c1.I. The number of halogens is 1. The van der Waals surface area contributed by atoms with E-state index in [2.05, 4.69) is 58.8 Å². The maximum atomic E-state index is 4.25. The number of guanidine groups is 1. The first-order valence-corrected chi connectivity index (χ1v) is 7.73. The Hall–Kier alpha value is -1.57. The molecule has 0 saturated heterocycles. The lowest BCUT2D eigenvalue weighted by Crippen LogP contribution is -2.41. The van der Waals surface area contributed by atoms with E-state index in [-0.39, 0.29) is 24.0 Å². The van der Waals surface area contributed by atoms with Crippen molar-refractivity contribution in [2.24, 2.45) is 4.99 Å². The van der Waals surface area contributed by atoms with Crippen LogP contribution in [0.25, 0.3) is 0 Å². The minimum atomic E-state index is 0. The van der Waals surface area contributed by atoms with Gasteiger partial charge in [0.1, 0.15) is 0 Å². The smallest absolute Gasteiger partial charge is 0.191 e. The highest BCUT2D eigenvalue weighted by Gasteiger charge is 2.03. The lowest BCUT2D eigenvalue weighted by atomic mass is 10.1. The molecule has 0 bridgehead atoms. The second-order valence-electron chi connectivity index (χ2n) is 5.40. The number of hydrogen-bond donors (Lipinski definition) is 2. The highest BCUT2D eigenvalue weighted by molar-refractivity contribution is 14.0. The van der Waals surface area contributed by atoms with E-state index >= 15 is 0 Å². The Kier molecular flexibility index (Phi) is 8.68. The van der Waals surface area contributed by atoms with Crippen LogP contribution in [0.15, 0.2) is 47.7 Å². The highest BCUT2D eigenvalue weighted by atomic mass is 127. The molecule has 0 fully saturated rings. The molecule has 1 unspecified atom stereocenters. The first kappa shape index (κ1) is 19.5. The first-order chi connectivity index (χ1) is 10.7. The average Bonchev–Trinajstić information content (AvgIpc) is 3.04. The number of aromatic nitrogens is 2. The van der Waals surface area contributed by atoms with Gasteiger partial charge < -0.3 is 10.6 Å². The predicted molar refractivity (Wildman–Crippen MR) is 106 cm³/mol. The number of nitrogens with zero attached hydrogens (tertiary/aromatic N) is 3. The molecule has 6 heteroatoms. The monoisotopic (exact) mass is 427 g/mol. The molecule has 1 aromatic carbocycles. The number of aliphatic imine (C=N–C) groups is 1. The highest BCUT2D eigenvalue weighted by Crippen LogP contribution is 2.07. The second-order valence-corrected chi connectivity index (χ2v) is 5.40. The van der Waals surface area contributed by atoms with Gasteiger partial charge in [0.2, 0.25) is 0 Å². The normalized spacial score (nSPS) is 12.4. The van der Waals surface area contributed by atoms with E-state index in [1.54, 1.807) is 13.2 Å². The van der Waals surface area contributed by atoms with E-state index in [4.69, 9.17) is 0 Å². The minimum absolute atomic E-state index is 0. The van der Waals surface area contributed by atoms with Crippen LogP contribution in [0, 0.1) is 0 Å². The van der Waals surface area contributed by atoms with Gasteiger partial charge in [-0.25, -0.2) is 0 Å². The zero-order chi connectivity index (χ0) is 15.8. The molecule has 5 nitrogen and oxygen atoms in total. The maximum Gasteiger partial charge on any atom is 0.191 e. The molecule has 0 aliphatic carbocycles. The Morgan fingerprint density at radius 3 is 2.74 bits per heavy atom. The molecule has 0 amide bonds. The molecule has 2 N–H and O–H groups in total. The minimum Gasteiger partial charge on any atom is -0.354 e. The van der Waals surface area contributed by atoms with Gasteiger partial charge in [0.25, 0.3) is 0 Å². The zero-order valence-corrected chi connectivity index (χ0v) is 16.3. The lowest BCUT2D eigenvalue weighted by Gasteiger charge is -2.16. The Morgan fingerprint density at radius 2 is 2.09 bits per heavy atom. The standard InChI is InChI=1S/C17H25N5.HI/c1-4-14(2)21-17(18-3)19-12-15-7-5-8-16(11-15)13-22-10-6-9-20-22;/h5-11,14H,4,12-13H2,1-3H3,(H2,18,19,21);1H. The molecule has 2 rings (SSSR count). The van der Waals surface area contributed by atoms with Gasteiger partial charge in [-0.15, -0.1) is 24.0 Å². The molecular weight excluding hydrogens is 401 g/mol. The molecule has 0 aliphatic rings. The fraction of sp³-hybridized carbons (Fsp3) is 0.412. The Morgan fingerprint density at radius 1 is 1.30 bits per heavy atom. The van der Waals surface area contributed by atoms with Crippen molar-refractivity contribution in [3.63, 3.8) is 0 Å². The van der Waals surface area contributed by atoms with Gasteiger partial charge in [-0.1, -0.05) is 31.2 Å². The fourth-order valence-corrected chi connectivity index (χ4v) is 2.13. The van der Waals surface area contributed by atoms with Crippen LogP contribution in [0.2, 0.25) is 0 Å². The third kappa shape index (κ3) is 6.60. The van der Waals surface area contributed by atoms with Crippen molar-refractivity contribution < 1.29 is 0 Å². The van der Waals surface area contributed by atoms with Gasteiger partial charge in [-0.2, -0.15) is 5.10 Å². The van der Waals surface area contributed by atoms with E-state index < -0.39 is 0 Å². The van der Waals surface area contributed by atoms with Crippen molar-refractivity contribution in [2.45, 2.75) is 39.4 Å². The Bertz CT molecular complexity index is 595. The number of rotatable bonds is 6. The molecule has 0 aliphatic heterocycles. The van der Waals surface area contributed by atoms with Crippen LogP contribution in [0.5, 0.6) is 0 Å². The molecule has 0 radical (unpaired) electrons. The van der Waals surface area contributed by atoms with Crippen LogP contribution in [0.1, 0.15) is 31.4 Å². The summed E-state index contributed by atoms with van der Waals surface area (Å²) in [5, 5.41) is 11.0. The molecule has 23 heavy (non-hydrogen) atoms. The summed E-state index contributed by atoms with van der Waals surface area (Å²) in [6.45, 7) is 5.85. The molecule has 1 atom stereocenters. The largest absolute Gasteiger partial charge is 0.354 e. The van der Waals surface area contributed by atoms with Crippen LogP contribution >= 0.6 is 24.0 Å². The average molecular weight is 427 g/mol. The second kappa shape index (κ2) is 10.3. The van der Waals surface area contributed by atoms with Crippen molar-refractivity contribution in [3.8, 4) is 0 Å². The van der Waals surface area contributed by atoms with Crippen molar-refractivity contribution in [1.29, 1.82) is 0 Å². The van der Waals surface area contributed by atoms with Crippen LogP contribution in [-0.2, 0) is 13.1 Å². The van der Waals surface area contributed by atoms with E-state index in [0.29, 0.717) is 6.04 Å². The van der Waals surface area contributed by atoms with Crippen molar-refractivity contribution in [3.05, 3.63) is 53.9 Å². The molecular formula is C17H26IN5. The Labute approximate surface area is 155 Å². The summed E-state index contributed by atoms with van der Waals surface area (Å²) < 4.78 is 1.93. The Balaban J connectivity index is 0.00000264. The number of nitrogens with one attached hydrogen (secondary N) is 2. The number of benzene rings is 1. The van der Waals surface area contributed by atoms with E-state index in [0.717, 1.165) is 25.5 Å². The molecule has 0 spiro atoms. The third-order valence-corrected chi connectivity index (χ3v) is 3.57. The van der Waals surface area contributed by atoms with Crippen molar-refractivity contribution >= 4 is 29.9 Å². The summed E-state index contributed by atoms with van der Waals surface area (Å²) in [7, 11) is 1.80.